The van der Waals surface area contributed by atoms with E-state index in [4.69, 9.17) is 4.74 Å². The maximum atomic E-state index is 5.63. The Hall–Kier alpha value is -2.74. The van der Waals surface area contributed by atoms with Gasteiger partial charge < -0.3 is 10.1 Å². The van der Waals surface area contributed by atoms with Gasteiger partial charge in [-0.15, -0.1) is 0 Å². The van der Waals surface area contributed by atoms with Crippen molar-refractivity contribution in [2.24, 2.45) is 0 Å². The molecule has 3 aromatic carbocycles. The zero-order valence-corrected chi connectivity index (χ0v) is 13.8. The summed E-state index contributed by atoms with van der Waals surface area (Å²) >= 11 is 0. The SMILES string of the molecule is CCOc1cccc(C2Cc3cc(-c4ccccc4)ccc3N2)c1. The second kappa shape index (κ2) is 6.40. The summed E-state index contributed by atoms with van der Waals surface area (Å²) in [6, 6.07) is 26.0. The normalized spacial score (nSPS) is 15.6. The van der Waals surface area contributed by atoms with Crippen LogP contribution in [0.4, 0.5) is 5.69 Å². The van der Waals surface area contributed by atoms with E-state index < -0.39 is 0 Å². The lowest BCUT2D eigenvalue weighted by Gasteiger charge is -2.13. The van der Waals surface area contributed by atoms with Crippen LogP contribution >= 0.6 is 0 Å². The summed E-state index contributed by atoms with van der Waals surface area (Å²) in [6.07, 6.45) is 1.01. The summed E-state index contributed by atoms with van der Waals surface area (Å²) in [5.41, 5.74) is 6.44. The molecule has 1 aliphatic heterocycles. The maximum Gasteiger partial charge on any atom is 0.119 e. The van der Waals surface area contributed by atoms with Gasteiger partial charge in [0, 0.05) is 5.69 Å². The Balaban J connectivity index is 1.59. The van der Waals surface area contributed by atoms with Crippen molar-refractivity contribution in [2.75, 3.05) is 11.9 Å². The molecule has 0 amide bonds. The van der Waals surface area contributed by atoms with Gasteiger partial charge in [0.1, 0.15) is 5.75 Å². The lowest BCUT2D eigenvalue weighted by atomic mass is 9.99. The zero-order valence-electron chi connectivity index (χ0n) is 13.8. The van der Waals surface area contributed by atoms with Crippen LogP contribution in [0.5, 0.6) is 5.75 Å². The lowest BCUT2D eigenvalue weighted by molar-refractivity contribution is 0.339. The van der Waals surface area contributed by atoms with Crippen molar-refractivity contribution in [1.82, 2.24) is 0 Å². The topological polar surface area (TPSA) is 21.3 Å². The van der Waals surface area contributed by atoms with E-state index in [0.29, 0.717) is 12.6 Å². The Kier molecular flexibility index (Phi) is 3.96. The quantitative estimate of drug-likeness (QED) is 0.690. The minimum Gasteiger partial charge on any atom is -0.494 e. The van der Waals surface area contributed by atoms with Gasteiger partial charge in [0.25, 0.3) is 0 Å². The van der Waals surface area contributed by atoms with Crippen LogP contribution in [0.25, 0.3) is 11.1 Å². The van der Waals surface area contributed by atoms with Crippen LogP contribution in [0, 0.1) is 0 Å². The fraction of sp³-hybridized carbons (Fsp3) is 0.182. The molecule has 1 unspecified atom stereocenters. The Labute approximate surface area is 143 Å². The number of hydrogen-bond acceptors (Lipinski definition) is 2. The molecule has 0 aromatic heterocycles. The number of rotatable bonds is 4. The maximum absolute atomic E-state index is 5.63. The van der Waals surface area contributed by atoms with E-state index in [1.54, 1.807) is 0 Å². The molecule has 120 valence electrons. The van der Waals surface area contributed by atoms with Gasteiger partial charge in [-0.1, -0.05) is 48.5 Å². The molecule has 0 fully saturated rings. The van der Waals surface area contributed by atoms with Crippen molar-refractivity contribution in [3.8, 4) is 16.9 Å². The van der Waals surface area contributed by atoms with Crippen molar-refractivity contribution in [1.29, 1.82) is 0 Å². The van der Waals surface area contributed by atoms with Crippen LogP contribution < -0.4 is 10.1 Å². The number of nitrogens with one attached hydrogen (secondary N) is 1. The molecular formula is C22H21NO. The van der Waals surface area contributed by atoms with Crippen LogP contribution in [0.3, 0.4) is 0 Å². The first-order valence-corrected chi connectivity index (χ1v) is 8.51. The van der Waals surface area contributed by atoms with Gasteiger partial charge >= 0.3 is 0 Å². The smallest absolute Gasteiger partial charge is 0.119 e. The summed E-state index contributed by atoms with van der Waals surface area (Å²) < 4.78 is 5.63. The van der Waals surface area contributed by atoms with Crippen LogP contribution in [0.2, 0.25) is 0 Å². The molecule has 24 heavy (non-hydrogen) atoms. The van der Waals surface area contributed by atoms with Gasteiger partial charge in [-0.2, -0.15) is 0 Å². The number of benzene rings is 3. The molecule has 4 rings (SSSR count). The van der Waals surface area contributed by atoms with Crippen LogP contribution in [0.15, 0.2) is 72.8 Å². The molecule has 0 saturated heterocycles. The number of fused-ring (bicyclic) bond motifs is 1. The first kappa shape index (κ1) is 14.8. The summed E-state index contributed by atoms with van der Waals surface area (Å²) in [5, 5.41) is 3.64. The average Bonchev–Trinajstić information content (AvgIpc) is 3.06. The van der Waals surface area contributed by atoms with Crippen molar-refractivity contribution < 1.29 is 4.74 Å². The molecule has 2 heteroatoms. The van der Waals surface area contributed by atoms with E-state index in [1.807, 2.05) is 13.0 Å². The van der Waals surface area contributed by atoms with Crippen LogP contribution in [-0.4, -0.2) is 6.61 Å². The predicted octanol–water partition coefficient (Wildman–Crippen LogP) is 5.46. The van der Waals surface area contributed by atoms with Gasteiger partial charge in [0.05, 0.1) is 12.6 Å². The fourth-order valence-corrected chi connectivity index (χ4v) is 3.36. The Morgan fingerprint density at radius 2 is 1.79 bits per heavy atom. The van der Waals surface area contributed by atoms with Gasteiger partial charge in [-0.3, -0.25) is 0 Å². The molecule has 0 saturated carbocycles. The van der Waals surface area contributed by atoms with Crippen molar-refractivity contribution >= 4 is 5.69 Å². The summed E-state index contributed by atoms with van der Waals surface area (Å²) in [7, 11) is 0. The summed E-state index contributed by atoms with van der Waals surface area (Å²) in [6.45, 7) is 2.71. The molecule has 1 atom stereocenters. The standard InChI is InChI=1S/C22H21NO/c1-2-24-20-10-6-9-18(14-20)22-15-19-13-17(11-12-21(19)23-22)16-7-4-3-5-8-16/h3-14,22-23H,2,15H2,1H3. The summed E-state index contributed by atoms with van der Waals surface area (Å²) in [4.78, 5) is 0. The average molecular weight is 315 g/mol. The van der Waals surface area contributed by atoms with Crippen molar-refractivity contribution in [3.05, 3.63) is 83.9 Å². The molecule has 1 N–H and O–H groups in total. The summed E-state index contributed by atoms with van der Waals surface area (Å²) in [5.74, 6) is 0.942. The Morgan fingerprint density at radius 3 is 2.62 bits per heavy atom. The highest BCUT2D eigenvalue weighted by Crippen LogP contribution is 2.37. The third-order valence-corrected chi connectivity index (χ3v) is 4.54. The van der Waals surface area contributed by atoms with Gasteiger partial charge in [-0.05, 0) is 59.9 Å². The first-order chi connectivity index (χ1) is 11.8. The van der Waals surface area contributed by atoms with Crippen LogP contribution in [-0.2, 0) is 6.42 Å². The Bertz CT molecular complexity index is 842. The molecule has 0 spiro atoms. The Morgan fingerprint density at radius 1 is 0.917 bits per heavy atom. The largest absolute Gasteiger partial charge is 0.494 e. The highest BCUT2D eigenvalue weighted by atomic mass is 16.5. The van der Waals surface area contributed by atoms with E-state index >= 15 is 0 Å². The number of anilines is 1. The molecule has 0 bridgehead atoms. The van der Waals surface area contributed by atoms with Crippen molar-refractivity contribution in [3.63, 3.8) is 0 Å². The number of ether oxygens (including phenoxy) is 1. The molecular weight excluding hydrogens is 294 g/mol. The van der Waals surface area contributed by atoms with E-state index in [9.17, 15) is 0 Å². The second-order valence-electron chi connectivity index (χ2n) is 6.14. The molecule has 0 radical (unpaired) electrons. The van der Waals surface area contributed by atoms with Gasteiger partial charge in [0.2, 0.25) is 0 Å². The highest BCUT2D eigenvalue weighted by molar-refractivity contribution is 5.70. The minimum atomic E-state index is 0.312. The van der Waals surface area contributed by atoms with Gasteiger partial charge in [0.15, 0.2) is 0 Å². The molecule has 1 heterocycles. The van der Waals surface area contributed by atoms with E-state index in [0.717, 1.165) is 12.2 Å². The monoisotopic (exact) mass is 315 g/mol. The third-order valence-electron chi connectivity index (χ3n) is 4.54. The predicted molar refractivity (Wildman–Crippen MR) is 99.6 cm³/mol. The molecule has 2 nitrogen and oxygen atoms in total. The fourth-order valence-electron chi connectivity index (χ4n) is 3.36. The van der Waals surface area contributed by atoms with E-state index in [1.165, 1.54) is 27.9 Å². The lowest BCUT2D eigenvalue weighted by Crippen LogP contribution is -2.05. The third kappa shape index (κ3) is 2.88. The number of hydrogen-bond donors (Lipinski definition) is 1. The zero-order chi connectivity index (χ0) is 16.4. The molecule has 1 aliphatic rings. The molecule has 3 aromatic rings. The molecule has 0 aliphatic carbocycles. The first-order valence-electron chi connectivity index (χ1n) is 8.51. The highest BCUT2D eigenvalue weighted by Gasteiger charge is 2.22. The van der Waals surface area contributed by atoms with E-state index in [-0.39, 0.29) is 0 Å². The minimum absolute atomic E-state index is 0.312. The second-order valence-corrected chi connectivity index (χ2v) is 6.14. The van der Waals surface area contributed by atoms with Crippen molar-refractivity contribution in [2.45, 2.75) is 19.4 Å². The van der Waals surface area contributed by atoms with E-state index in [2.05, 4.69) is 72.0 Å². The van der Waals surface area contributed by atoms with Crippen LogP contribution in [0.1, 0.15) is 24.1 Å². The van der Waals surface area contributed by atoms with Gasteiger partial charge in [-0.25, -0.2) is 0 Å².